The fraction of sp³-hybridized carbons (Fsp3) is 0.316. The summed E-state index contributed by atoms with van der Waals surface area (Å²) >= 11 is 5.57. The van der Waals surface area contributed by atoms with Gasteiger partial charge in [-0.2, -0.15) is 17.5 Å². The van der Waals surface area contributed by atoms with Gasteiger partial charge in [-0.1, -0.05) is 23.7 Å². The molecule has 1 saturated heterocycles. The van der Waals surface area contributed by atoms with Crippen LogP contribution in [-0.2, 0) is 16.2 Å². The second-order valence-electron chi connectivity index (χ2n) is 6.54. The number of rotatable bonds is 4. The van der Waals surface area contributed by atoms with Crippen molar-refractivity contribution in [1.29, 1.82) is 0 Å². The van der Waals surface area contributed by atoms with E-state index in [9.17, 15) is 26.4 Å². The first kappa shape index (κ1) is 22.4. The van der Waals surface area contributed by atoms with Crippen molar-refractivity contribution in [1.82, 2.24) is 9.21 Å². The van der Waals surface area contributed by atoms with E-state index in [1.165, 1.54) is 12.0 Å². The minimum absolute atomic E-state index is 0.0484. The predicted molar refractivity (Wildman–Crippen MR) is 104 cm³/mol. The van der Waals surface area contributed by atoms with Crippen LogP contribution in [0.25, 0.3) is 0 Å². The molecule has 0 spiro atoms. The van der Waals surface area contributed by atoms with E-state index < -0.39 is 31.7 Å². The predicted octanol–water partition coefficient (Wildman–Crippen LogP) is 3.51. The molecule has 2 aromatic carbocycles. The Kier molecular flexibility index (Phi) is 6.30. The second-order valence-corrected chi connectivity index (χ2v) is 8.88. The van der Waals surface area contributed by atoms with E-state index in [4.69, 9.17) is 16.3 Å². The molecule has 2 aromatic rings. The van der Waals surface area contributed by atoms with Crippen molar-refractivity contribution in [3.05, 3.63) is 58.6 Å². The highest BCUT2D eigenvalue weighted by molar-refractivity contribution is 7.89. The molecule has 1 heterocycles. The summed E-state index contributed by atoms with van der Waals surface area (Å²) in [4.78, 5) is 13.7. The van der Waals surface area contributed by atoms with Crippen LogP contribution in [0.15, 0.2) is 47.4 Å². The van der Waals surface area contributed by atoms with Gasteiger partial charge in [0.05, 0.1) is 28.2 Å². The van der Waals surface area contributed by atoms with E-state index in [1.54, 1.807) is 24.3 Å². The van der Waals surface area contributed by atoms with Crippen molar-refractivity contribution in [2.75, 3.05) is 33.3 Å². The highest BCUT2D eigenvalue weighted by atomic mass is 35.5. The van der Waals surface area contributed by atoms with Crippen LogP contribution in [0.1, 0.15) is 15.9 Å². The molecule has 0 unspecified atom stereocenters. The zero-order chi connectivity index (χ0) is 22.1. The first-order valence-electron chi connectivity index (χ1n) is 8.85. The SMILES string of the molecule is COc1ccccc1C(=O)N1CCN(S(=O)(=O)c2ccc(Cl)c(C(F)(F)F)c2)CC1. The van der Waals surface area contributed by atoms with Crippen LogP contribution in [0, 0.1) is 0 Å². The van der Waals surface area contributed by atoms with Gasteiger partial charge in [0.15, 0.2) is 0 Å². The first-order chi connectivity index (χ1) is 14.1. The topological polar surface area (TPSA) is 66.9 Å². The fourth-order valence-corrected chi connectivity index (χ4v) is 4.83. The Morgan fingerprint density at radius 3 is 2.30 bits per heavy atom. The Labute approximate surface area is 176 Å². The molecule has 162 valence electrons. The van der Waals surface area contributed by atoms with Gasteiger partial charge >= 0.3 is 6.18 Å². The summed E-state index contributed by atoms with van der Waals surface area (Å²) in [7, 11) is -2.73. The monoisotopic (exact) mass is 462 g/mol. The molecule has 0 aromatic heterocycles. The summed E-state index contributed by atoms with van der Waals surface area (Å²) in [6.45, 7) is 0.0893. The molecule has 6 nitrogen and oxygen atoms in total. The lowest BCUT2D eigenvalue weighted by Gasteiger charge is -2.34. The summed E-state index contributed by atoms with van der Waals surface area (Å²) in [5, 5.41) is -0.575. The quantitative estimate of drug-likeness (QED) is 0.697. The number of halogens is 4. The van der Waals surface area contributed by atoms with Crippen molar-refractivity contribution in [3.8, 4) is 5.75 Å². The van der Waals surface area contributed by atoms with E-state index in [-0.39, 0.29) is 32.1 Å². The number of methoxy groups -OCH3 is 1. The third-order valence-electron chi connectivity index (χ3n) is 4.74. The molecule has 0 atom stereocenters. The molecule has 11 heteroatoms. The van der Waals surface area contributed by atoms with E-state index in [1.807, 2.05) is 0 Å². The molecule has 0 bridgehead atoms. The summed E-state index contributed by atoms with van der Waals surface area (Å²) in [5.74, 6) is 0.0914. The van der Waals surface area contributed by atoms with Crippen molar-refractivity contribution >= 4 is 27.5 Å². The Morgan fingerprint density at radius 1 is 1.07 bits per heavy atom. The normalized spacial score (nSPS) is 15.8. The van der Waals surface area contributed by atoms with E-state index in [0.717, 1.165) is 16.4 Å². The zero-order valence-corrected chi connectivity index (χ0v) is 17.4. The van der Waals surface area contributed by atoms with Gasteiger partial charge in [0.2, 0.25) is 10.0 Å². The summed E-state index contributed by atoms with van der Waals surface area (Å²) in [6, 6.07) is 9.15. The third-order valence-corrected chi connectivity index (χ3v) is 6.97. The number of sulfonamides is 1. The van der Waals surface area contributed by atoms with Gasteiger partial charge in [-0.05, 0) is 30.3 Å². The Hall–Kier alpha value is -2.30. The fourth-order valence-electron chi connectivity index (χ4n) is 3.15. The number of ether oxygens (including phenoxy) is 1. The summed E-state index contributed by atoms with van der Waals surface area (Å²) < 4.78 is 71.1. The van der Waals surface area contributed by atoms with Gasteiger partial charge in [0, 0.05) is 26.2 Å². The lowest BCUT2D eigenvalue weighted by Crippen LogP contribution is -2.50. The van der Waals surface area contributed by atoms with Crippen LogP contribution in [0.5, 0.6) is 5.75 Å². The lowest BCUT2D eigenvalue weighted by atomic mass is 10.1. The van der Waals surface area contributed by atoms with Gasteiger partial charge in [-0.3, -0.25) is 4.79 Å². The van der Waals surface area contributed by atoms with Crippen molar-refractivity contribution in [3.63, 3.8) is 0 Å². The number of carbonyl (C=O) groups is 1. The molecule has 3 rings (SSSR count). The highest BCUT2D eigenvalue weighted by Gasteiger charge is 2.36. The molecular formula is C19H18ClF3N2O4S. The van der Waals surface area contributed by atoms with Gasteiger partial charge in [0.1, 0.15) is 5.75 Å². The molecule has 0 radical (unpaired) electrons. The van der Waals surface area contributed by atoms with Crippen molar-refractivity contribution in [2.45, 2.75) is 11.1 Å². The number of amides is 1. The molecule has 1 amide bonds. The van der Waals surface area contributed by atoms with Crippen molar-refractivity contribution in [2.24, 2.45) is 0 Å². The zero-order valence-electron chi connectivity index (χ0n) is 15.8. The minimum atomic E-state index is -4.78. The number of hydrogen-bond donors (Lipinski definition) is 0. The van der Waals surface area contributed by atoms with Crippen LogP contribution in [-0.4, -0.2) is 56.8 Å². The number of alkyl halides is 3. The van der Waals surface area contributed by atoms with Crippen LogP contribution >= 0.6 is 11.6 Å². The standard InChI is InChI=1S/C19H18ClF3N2O4S/c1-29-17-5-3-2-4-14(17)18(26)24-8-10-25(11-9-24)30(27,28)13-6-7-16(20)15(12-13)19(21,22)23/h2-7,12H,8-11H2,1H3. The Morgan fingerprint density at radius 2 is 1.70 bits per heavy atom. The van der Waals surface area contributed by atoms with Gasteiger partial charge in [0.25, 0.3) is 5.91 Å². The molecule has 0 aliphatic carbocycles. The van der Waals surface area contributed by atoms with E-state index in [2.05, 4.69) is 0 Å². The van der Waals surface area contributed by atoms with Gasteiger partial charge in [-0.15, -0.1) is 0 Å². The molecule has 1 aliphatic heterocycles. The van der Waals surface area contributed by atoms with E-state index in [0.29, 0.717) is 17.4 Å². The molecule has 0 saturated carbocycles. The van der Waals surface area contributed by atoms with Crippen LogP contribution in [0.3, 0.4) is 0 Å². The van der Waals surface area contributed by atoms with Crippen LogP contribution in [0.2, 0.25) is 5.02 Å². The number of hydrogen-bond acceptors (Lipinski definition) is 4. The largest absolute Gasteiger partial charge is 0.496 e. The molecular weight excluding hydrogens is 445 g/mol. The Bertz CT molecular complexity index is 1050. The number of piperazine rings is 1. The maximum atomic E-state index is 13.1. The minimum Gasteiger partial charge on any atom is -0.496 e. The maximum absolute atomic E-state index is 13.1. The number of nitrogens with zero attached hydrogens (tertiary/aromatic N) is 2. The average molecular weight is 463 g/mol. The summed E-state index contributed by atoms with van der Waals surface area (Å²) in [6.07, 6.45) is -4.78. The second kappa shape index (κ2) is 8.44. The van der Waals surface area contributed by atoms with Crippen LogP contribution < -0.4 is 4.74 Å². The molecule has 0 N–H and O–H groups in total. The lowest BCUT2D eigenvalue weighted by molar-refractivity contribution is -0.137. The number of benzene rings is 2. The first-order valence-corrected chi connectivity index (χ1v) is 10.7. The number of para-hydroxylation sites is 1. The highest BCUT2D eigenvalue weighted by Crippen LogP contribution is 2.36. The van der Waals surface area contributed by atoms with Crippen molar-refractivity contribution < 1.29 is 31.1 Å². The smallest absolute Gasteiger partial charge is 0.417 e. The summed E-state index contributed by atoms with van der Waals surface area (Å²) in [5.41, 5.74) is -0.862. The number of carbonyl (C=O) groups excluding carboxylic acids is 1. The van der Waals surface area contributed by atoms with Crippen LogP contribution in [0.4, 0.5) is 13.2 Å². The maximum Gasteiger partial charge on any atom is 0.417 e. The van der Waals surface area contributed by atoms with Gasteiger partial charge in [-0.25, -0.2) is 8.42 Å². The van der Waals surface area contributed by atoms with E-state index >= 15 is 0 Å². The molecule has 30 heavy (non-hydrogen) atoms. The molecule has 1 fully saturated rings. The van der Waals surface area contributed by atoms with Gasteiger partial charge < -0.3 is 9.64 Å². The Balaban J connectivity index is 1.77. The average Bonchev–Trinajstić information content (AvgIpc) is 2.72. The third kappa shape index (κ3) is 4.40. The molecule has 1 aliphatic rings.